The number of hydrogen-bond acceptors (Lipinski definition) is 4. The predicted octanol–water partition coefficient (Wildman–Crippen LogP) is 3.41. The van der Waals surface area contributed by atoms with Crippen molar-refractivity contribution in [2.75, 3.05) is 5.32 Å². The fourth-order valence-electron chi connectivity index (χ4n) is 5.53. The van der Waals surface area contributed by atoms with E-state index in [1.807, 2.05) is 0 Å². The Morgan fingerprint density at radius 2 is 2.04 bits per heavy atom. The smallest absolute Gasteiger partial charge is 0.339 e. The Hall–Kier alpha value is -1.63. The summed E-state index contributed by atoms with van der Waals surface area (Å²) in [7, 11) is 0. The molecule has 4 aliphatic rings. The van der Waals surface area contributed by atoms with E-state index in [1.165, 1.54) is 38.3 Å². The van der Waals surface area contributed by atoms with Crippen LogP contribution < -0.4 is 5.32 Å². The largest absolute Gasteiger partial charge is 0.478 e. The first-order valence-corrected chi connectivity index (χ1v) is 9.32. The molecule has 3 N–H and O–H groups in total. The number of imidazole rings is 1. The summed E-state index contributed by atoms with van der Waals surface area (Å²) in [5, 5.41) is 13.2. The van der Waals surface area contributed by atoms with Gasteiger partial charge in [0.15, 0.2) is 5.65 Å². The predicted molar refractivity (Wildman–Crippen MR) is 93.5 cm³/mol. The number of aromatic nitrogens is 3. The standard InChI is InChI=1S/C17H19BrN4O2/c18-17-3-8-1-9(4-17)12(10(2-8)5-17)22-13-11(16(23)24)6-19-15-14(13)20-7-21-15/h6-10,12H,1-5H2,(H,23,24)(H2,19,20,21,22)/t8?,9-,10+,12+,17-. The Balaban J connectivity index is 1.54. The highest BCUT2D eigenvalue weighted by Gasteiger charge is 2.54. The van der Waals surface area contributed by atoms with Gasteiger partial charge in [-0.2, -0.15) is 0 Å². The second kappa shape index (κ2) is 4.94. The normalized spacial score (nSPS) is 37.0. The summed E-state index contributed by atoms with van der Waals surface area (Å²) in [4.78, 5) is 23.1. The van der Waals surface area contributed by atoms with Crippen LogP contribution in [0.15, 0.2) is 12.5 Å². The molecule has 2 aromatic rings. The van der Waals surface area contributed by atoms with Gasteiger partial charge in [0.05, 0.1) is 12.0 Å². The summed E-state index contributed by atoms with van der Waals surface area (Å²) in [6.45, 7) is 0. The molecule has 0 spiro atoms. The lowest BCUT2D eigenvalue weighted by atomic mass is 9.54. The van der Waals surface area contributed by atoms with Gasteiger partial charge >= 0.3 is 5.97 Å². The van der Waals surface area contributed by atoms with Crippen LogP contribution >= 0.6 is 15.9 Å². The summed E-state index contributed by atoms with van der Waals surface area (Å²) in [5.41, 5.74) is 2.08. The van der Waals surface area contributed by atoms with Crippen molar-refractivity contribution in [3.8, 4) is 0 Å². The molecule has 0 radical (unpaired) electrons. The third kappa shape index (κ3) is 2.10. The Labute approximate surface area is 147 Å². The van der Waals surface area contributed by atoms with E-state index < -0.39 is 5.97 Å². The van der Waals surface area contributed by atoms with Crippen molar-refractivity contribution in [3.63, 3.8) is 0 Å². The quantitative estimate of drug-likeness (QED) is 0.698. The maximum Gasteiger partial charge on any atom is 0.339 e. The van der Waals surface area contributed by atoms with Gasteiger partial charge in [0.25, 0.3) is 0 Å². The van der Waals surface area contributed by atoms with Crippen LogP contribution in [-0.2, 0) is 0 Å². The van der Waals surface area contributed by atoms with Crippen LogP contribution in [-0.4, -0.2) is 36.4 Å². The fourth-order valence-corrected chi connectivity index (χ4v) is 6.82. The Morgan fingerprint density at radius 1 is 1.29 bits per heavy atom. The molecule has 2 heterocycles. The molecule has 4 fully saturated rings. The zero-order valence-corrected chi connectivity index (χ0v) is 14.7. The highest BCUT2D eigenvalue weighted by atomic mass is 79.9. The maximum absolute atomic E-state index is 11.7. The van der Waals surface area contributed by atoms with Gasteiger partial charge in [-0.05, 0) is 49.9 Å². The second-order valence-corrected chi connectivity index (χ2v) is 9.42. The molecule has 24 heavy (non-hydrogen) atoms. The molecule has 0 aromatic carbocycles. The van der Waals surface area contributed by atoms with E-state index in [4.69, 9.17) is 0 Å². The lowest BCUT2D eigenvalue weighted by Gasteiger charge is -2.58. The number of carboxylic acids is 1. The van der Waals surface area contributed by atoms with Crippen molar-refractivity contribution in [1.82, 2.24) is 15.0 Å². The Morgan fingerprint density at radius 3 is 2.71 bits per heavy atom. The Kier molecular flexibility index (Phi) is 3.02. The van der Waals surface area contributed by atoms with Crippen LogP contribution in [0.25, 0.3) is 11.2 Å². The number of nitrogens with zero attached hydrogens (tertiary/aromatic N) is 2. The molecule has 1 unspecified atom stereocenters. The molecule has 5 atom stereocenters. The van der Waals surface area contributed by atoms with E-state index in [0.29, 0.717) is 39.1 Å². The van der Waals surface area contributed by atoms with Gasteiger partial charge in [0.2, 0.25) is 0 Å². The molecular formula is C17H19BrN4O2. The Bertz CT molecular complexity index is 819. The van der Waals surface area contributed by atoms with Gasteiger partial charge in [-0.3, -0.25) is 0 Å². The summed E-state index contributed by atoms with van der Waals surface area (Å²) in [5.74, 6) is 1.05. The van der Waals surface area contributed by atoms with Crippen molar-refractivity contribution in [3.05, 3.63) is 18.1 Å². The molecule has 4 saturated carbocycles. The number of carbonyl (C=O) groups is 1. The summed E-state index contributed by atoms with van der Waals surface area (Å²) in [6, 6.07) is 0.327. The first-order chi connectivity index (χ1) is 11.5. The van der Waals surface area contributed by atoms with Crippen LogP contribution in [0.5, 0.6) is 0 Å². The SMILES string of the molecule is O=C(O)c1cnc2[nH]cnc2c1N[C@H]1[C@@H]2CC3C[C@H]1C[C@@](Br)(C3)C2. The molecule has 7 heteroatoms. The number of alkyl halides is 1. The average molecular weight is 391 g/mol. The minimum absolute atomic E-state index is 0.206. The van der Waals surface area contributed by atoms with Crippen LogP contribution in [0.3, 0.4) is 0 Å². The molecule has 0 saturated heterocycles. The van der Waals surface area contributed by atoms with Gasteiger partial charge in [-0.1, -0.05) is 15.9 Å². The number of H-pyrrole nitrogens is 1. The number of carboxylic acid groups (broad SMARTS) is 1. The molecule has 0 aliphatic heterocycles. The van der Waals surface area contributed by atoms with Crippen molar-refractivity contribution < 1.29 is 9.90 Å². The summed E-state index contributed by atoms with van der Waals surface area (Å²) in [6.07, 6.45) is 9.14. The molecule has 6 rings (SSSR count). The monoisotopic (exact) mass is 390 g/mol. The average Bonchev–Trinajstić information content (AvgIpc) is 2.97. The number of anilines is 1. The van der Waals surface area contributed by atoms with Crippen LogP contribution in [0.4, 0.5) is 5.69 Å². The number of halogens is 1. The molecule has 0 amide bonds. The van der Waals surface area contributed by atoms with Gasteiger partial charge < -0.3 is 15.4 Å². The van der Waals surface area contributed by atoms with E-state index in [9.17, 15) is 9.90 Å². The van der Waals surface area contributed by atoms with E-state index in [1.54, 1.807) is 6.33 Å². The lowest BCUT2D eigenvalue weighted by molar-refractivity contribution is 0.0280. The lowest BCUT2D eigenvalue weighted by Crippen LogP contribution is -2.56. The minimum Gasteiger partial charge on any atom is -0.478 e. The van der Waals surface area contributed by atoms with Gasteiger partial charge in [-0.15, -0.1) is 0 Å². The zero-order valence-electron chi connectivity index (χ0n) is 13.1. The number of aromatic amines is 1. The van der Waals surface area contributed by atoms with Crippen molar-refractivity contribution in [1.29, 1.82) is 0 Å². The van der Waals surface area contributed by atoms with Gasteiger partial charge in [0, 0.05) is 16.6 Å². The molecule has 126 valence electrons. The molecule has 6 nitrogen and oxygen atoms in total. The number of aromatic carboxylic acids is 1. The molecule has 4 aliphatic carbocycles. The van der Waals surface area contributed by atoms with E-state index in [-0.39, 0.29) is 5.56 Å². The number of rotatable bonds is 3. The highest BCUT2D eigenvalue weighted by molar-refractivity contribution is 9.10. The summed E-state index contributed by atoms with van der Waals surface area (Å²) >= 11 is 3.99. The summed E-state index contributed by atoms with van der Waals surface area (Å²) < 4.78 is 0.317. The minimum atomic E-state index is -0.962. The third-order valence-corrected chi connectivity index (χ3v) is 7.16. The third-order valence-electron chi connectivity index (χ3n) is 6.19. The van der Waals surface area contributed by atoms with Crippen molar-refractivity contribution >= 4 is 38.8 Å². The van der Waals surface area contributed by atoms with Crippen LogP contribution in [0, 0.1) is 17.8 Å². The van der Waals surface area contributed by atoms with Crippen molar-refractivity contribution in [2.45, 2.75) is 42.5 Å². The zero-order chi connectivity index (χ0) is 16.5. The number of nitrogens with one attached hydrogen (secondary N) is 2. The van der Waals surface area contributed by atoms with Crippen molar-refractivity contribution in [2.24, 2.45) is 17.8 Å². The first kappa shape index (κ1) is 14.7. The molecule has 2 aromatic heterocycles. The first-order valence-electron chi connectivity index (χ1n) is 8.53. The topological polar surface area (TPSA) is 90.9 Å². The highest BCUT2D eigenvalue weighted by Crippen LogP contribution is 2.59. The second-order valence-electron chi connectivity index (χ2n) is 7.74. The van der Waals surface area contributed by atoms with Gasteiger partial charge in [-0.25, -0.2) is 14.8 Å². The van der Waals surface area contributed by atoms with E-state index in [0.717, 1.165) is 5.92 Å². The number of fused-ring (bicyclic) bond motifs is 1. The fraction of sp³-hybridized carbons (Fsp3) is 0.588. The number of pyridine rings is 1. The molecular weight excluding hydrogens is 372 g/mol. The molecule has 4 bridgehead atoms. The maximum atomic E-state index is 11.7. The number of hydrogen-bond donors (Lipinski definition) is 3. The van der Waals surface area contributed by atoms with E-state index in [2.05, 4.69) is 36.2 Å². The van der Waals surface area contributed by atoms with Crippen LogP contribution in [0.1, 0.15) is 42.5 Å². The van der Waals surface area contributed by atoms with Gasteiger partial charge in [0.1, 0.15) is 11.1 Å². The van der Waals surface area contributed by atoms with Crippen LogP contribution in [0.2, 0.25) is 0 Å². The van der Waals surface area contributed by atoms with E-state index >= 15 is 0 Å².